The number of halogens is 1. The molecule has 0 saturated carbocycles. The molecule has 1 aromatic heterocycles. The number of nitrogens with one attached hydrogen (secondary N) is 2. The van der Waals surface area contributed by atoms with E-state index in [2.05, 4.69) is 31.2 Å². The summed E-state index contributed by atoms with van der Waals surface area (Å²) >= 11 is 3.51. The molecule has 78 valence electrons. The largest absolute Gasteiger partial charge is 0.341 e. The van der Waals surface area contributed by atoms with E-state index in [1.807, 2.05) is 37.5 Å². The lowest BCUT2D eigenvalue weighted by molar-refractivity contribution is 0.797. The number of rotatable bonds is 3. The Morgan fingerprint density at radius 1 is 1.40 bits per heavy atom. The van der Waals surface area contributed by atoms with Gasteiger partial charge >= 0.3 is 0 Å². The fraction of sp³-hybridized carbons (Fsp3) is 0.182. The zero-order chi connectivity index (χ0) is 10.7. The number of hydrogen-bond donors (Lipinski definition) is 2. The Morgan fingerprint density at radius 3 is 2.93 bits per heavy atom. The minimum absolute atomic E-state index is 0.803. The predicted molar refractivity (Wildman–Crippen MR) is 64.5 cm³/mol. The van der Waals surface area contributed by atoms with Crippen LogP contribution < -0.4 is 5.32 Å². The van der Waals surface area contributed by atoms with Crippen molar-refractivity contribution in [2.24, 2.45) is 0 Å². The molecule has 0 unspecified atom stereocenters. The number of hydrogen-bond acceptors (Lipinski definition) is 2. The van der Waals surface area contributed by atoms with Crippen LogP contribution in [-0.4, -0.2) is 17.0 Å². The zero-order valence-electron chi connectivity index (χ0n) is 8.42. The summed E-state index contributed by atoms with van der Waals surface area (Å²) in [7, 11) is 1.92. The van der Waals surface area contributed by atoms with Crippen LogP contribution in [0.4, 0.5) is 0 Å². The molecule has 2 rings (SSSR count). The van der Waals surface area contributed by atoms with Gasteiger partial charge in [0.15, 0.2) is 0 Å². The Labute approximate surface area is 97.1 Å². The van der Waals surface area contributed by atoms with Crippen LogP contribution in [0.25, 0.3) is 11.4 Å². The molecular formula is C11H12BrN3. The second-order valence-corrected chi connectivity index (χ2v) is 4.12. The molecule has 0 amide bonds. The predicted octanol–water partition coefficient (Wildman–Crippen LogP) is 2.56. The molecular weight excluding hydrogens is 254 g/mol. The van der Waals surface area contributed by atoms with Crippen LogP contribution in [-0.2, 0) is 6.54 Å². The van der Waals surface area contributed by atoms with Crippen molar-refractivity contribution in [2.75, 3.05) is 7.05 Å². The van der Waals surface area contributed by atoms with Gasteiger partial charge in [-0.05, 0) is 13.1 Å². The first-order chi connectivity index (χ1) is 7.31. The van der Waals surface area contributed by atoms with Gasteiger partial charge in [-0.2, -0.15) is 0 Å². The van der Waals surface area contributed by atoms with Gasteiger partial charge in [0.2, 0.25) is 0 Å². The van der Waals surface area contributed by atoms with Crippen LogP contribution in [0, 0.1) is 0 Å². The number of H-pyrrole nitrogens is 1. The van der Waals surface area contributed by atoms with Crippen molar-refractivity contribution in [1.29, 1.82) is 0 Å². The van der Waals surface area contributed by atoms with Crippen LogP contribution in [0.15, 0.2) is 34.9 Å². The van der Waals surface area contributed by atoms with Crippen molar-refractivity contribution in [3.63, 3.8) is 0 Å². The highest BCUT2D eigenvalue weighted by atomic mass is 79.9. The molecule has 0 aliphatic rings. The first kappa shape index (κ1) is 10.4. The van der Waals surface area contributed by atoms with Crippen LogP contribution >= 0.6 is 15.9 Å². The van der Waals surface area contributed by atoms with Gasteiger partial charge in [-0.25, -0.2) is 4.98 Å². The van der Waals surface area contributed by atoms with Gasteiger partial charge in [-0.3, -0.25) is 0 Å². The third kappa shape index (κ3) is 2.27. The van der Waals surface area contributed by atoms with Crippen LogP contribution in [0.3, 0.4) is 0 Å². The summed E-state index contributed by atoms with van der Waals surface area (Å²) in [5, 5.41) is 3.08. The number of aromatic amines is 1. The maximum absolute atomic E-state index is 4.34. The van der Waals surface area contributed by atoms with E-state index < -0.39 is 0 Å². The summed E-state index contributed by atoms with van der Waals surface area (Å²) in [4.78, 5) is 7.61. The van der Waals surface area contributed by atoms with Crippen LogP contribution in [0.1, 0.15) is 5.69 Å². The third-order valence-corrected chi connectivity index (χ3v) is 2.82. The molecule has 0 fully saturated rings. The summed E-state index contributed by atoms with van der Waals surface area (Å²) < 4.78 is 1.05. The molecule has 15 heavy (non-hydrogen) atoms. The van der Waals surface area contributed by atoms with Gasteiger partial charge in [0.05, 0.1) is 0 Å². The standard InChI is InChI=1S/C11H12BrN3/c1-13-6-8-7-14-11(15-8)9-4-2-3-5-10(9)12/h2-5,7,13H,6H2,1H3,(H,14,15). The lowest BCUT2D eigenvalue weighted by atomic mass is 10.2. The zero-order valence-corrected chi connectivity index (χ0v) is 10.0. The average Bonchev–Trinajstić information content (AvgIpc) is 2.68. The molecule has 0 aliphatic heterocycles. The molecule has 0 atom stereocenters. The highest BCUT2D eigenvalue weighted by Crippen LogP contribution is 2.25. The Kier molecular flexibility index (Phi) is 3.18. The minimum atomic E-state index is 0.803. The molecule has 3 nitrogen and oxygen atoms in total. The first-order valence-corrected chi connectivity index (χ1v) is 5.54. The summed E-state index contributed by atoms with van der Waals surface area (Å²) in [6.45, 7) is 0.803. The fourth-order valence-electron chi connectivity index (χ4n) is 1.43. The van der Waals surface area contributed by atoms with Crippen LogP contribution in [0.2, 0.25) is 0 Å². The topological polar surface area (TPSA) is 40.7 Å². The van der Waals surface area contributed by atoms with Crippen LogP contribution in [0.5, 0.6) is 0 Å². The van der Waals surface area contributed by atoms with E-state index in [4.69, 9.17) is 0 Å². The Balaban J connectivity index is 2.33. The molecule has 2 aromatic rings. The lowest BCUT2D eigenvalue weighted by Gasteiger charge is -1.99. The van der Waals surface area contributed by atoms with Gasteiger partial charge in [-0.15, -0.1) is 0 Å². The highest BCUT2D eigenvalue weighted by molar-refractivity contribution is 9.10. The Morgan fingerprint density at radius 2 is 2.20 bits per heavy atom. The van der Waals surface area contributed by atoms with E-state index in [0.717, 1.165) is 28.1 Å². The van der Waals surface area contributed by atoms with Crippen molar-refractivity contribution < 1.29 is 0 Å². The summed E-state index contributed by atoms with van der Waals surface area (Å²) in [6, 6.07) is 8.03. The molecule has 1 heterocycles. The maximum atomic E-state index is 4.34. The van der Waals surface area contributed by atoms with Crippen molar-refractivity contribution in [3.8, 4) is 11.4 Å². The molecule has 0 radical (unpaired) electrons. The first-order valence-electron chi connectivity index (χ1n) is 4.74. The van der Waals surface area contributed by atoms with Gasteiger partial charge in [0, 0.05) is 28.5 Å². The van der Waals surface area contributed by atoms with E-state index in [1.165, 1.54) is 0 Å². The van der Waals surface area contributed by atoms with E-state index in [1.54, 1.807) is 0 Å². The second-order valence-electron chi connectivity index (χ2n) is 3.27. The monoisotopic (exact) mass is 265 g/mol. The quantitative estimate of drug-likeness (QED) is 0.896. The minimum Gasteiger partial charge on any atom is -0.341 e. The van der Waals surface area contributed by atoms with Gasteiger partial charge < -0.3 is 10.3 Å². The number of nitrogens with zero attached hydrogens (tertiary/aromatic N) is 1. The molecule has 0 aliphatic carbocycles. The smallest absolute Gasteiger partial charge is 0.138 e. The third-order valence-electron chi connectivity index (χ3n) is 2.12. The summed E-state index contributed by atoms with van der Waals surface area (Å²) in [5.74, 6) is 0.896. The molecule has 1 aromatic carbocycles. The lowest BCUT2D eigenvalue weighted by Crippen LogP contribution is -2.04. The fourth-order valence-corrected chi connectivity index (χ4v) is 1.90. The maximum Gasteiger partial charge on any atom is 0.138 e. The van der Waals surface area contributed by atoms with Crippen molar-refractivity contribution in [2.45, 2.75) is 6.54 Å². The molecule has 0 spiro atoms. The molecule has 0 saturated heterocycles. The van der Waals surface area contributed by atoms with Gasteiger partial charge in [0.1, 0.15) is 5.82 Å². The van der Waals surface area contributed by atoms with E-state index in [-0.39, 0.29) is 0 Å². The molecule has 2 N–H and O–H groups in total. The van der Waals surface area contributed by atoms with Crippen molar-refractivity contribution in [1.82, 2.24) is 15.3 Å². The molecule has 0 bridgehead atoms. The van der Waals surface area contributed by atoms with Crippen molar-refractivity contribution in [3.05, 3.63) is 40.6 Å². The molecule has 4 heteroatoms. The van der Waals surface area contributed by atoms with E-state index >= 15 is 0 Å². The summed E-state index contributed by atoms with van der Waals surface area (Å²) in [5.41, 5.74) is 2.17. The normalized spacial score (nSPS) is 10.5. The van der Waals surface area contributed by atoms with Crippen molar-refractivity contribution >= 4 is 15.9 Å². The number of aromatic nitrogens is 2. The summed E-state index contributed by atoms with van der Waals surface area (Å²) in [6.07, 6.45) is 1.85. The second kappa shape index (κ2) is 4.59. The van der Waals surface area contributed by atoms with E-state index in [0.29, 0.717) is 0 Å². The van der Waals surface area contributed by atoms with Gasteiger partial charge in [-0.1, -0.05) is 34.1 Å². The average molecular weight is 266 g/mol. The Bertz CT molecular complexity index is 451. The highest BCUT2D eigenvalue weighted by Gasteiger charge is 2.05. The number of imidazole rings is 1. The number of benzene rings is 1. The Hall–Kier alpha value is -1.13. The van der Waals surface area contributed by atoms with Gasteiger partial charge in [0.25, 0.3) is 0 Å². The SMILES string of the molecule is CNCc1cnc(-c2ccccc2Br)[nH]1. The van der Waals surface area contributed by atoms with E-state index in [9.17, 15) is 0 Å².